The normalized spacial score (nSPS) is 14.6. The second kappa shape index (κ2) is 8.29. The number of carbonyl (C=O) groups is 1. The summed E-state index contributed by atoms with van der Waals surface area (Å²) in [4.78, 5) is 30.4. The molecule has 4 rings (SSSR count). The summed E-state index contributed by atoms with van der Waals surface area (Å²) >= 11 is 1.29. The summed E-state index contributed by atoms with van der Waals surface area (Å²) in [7, 11) is 0. The van der Waals surface area contributed by atoms with Crippen molar-refractivity contribution in [2.45, 2.75) is 43.1 Å². The molecule has 1 aliphatic carbocycles. The zero-order valence-electron chi connectivity index (χ0n) is 16.4. The number of benzene rings is 2. The topological polar surface area (TPSA) is 73.2 Å². The van der Waals surface area contributed by atoms with Crippen LogP contribution in [0.15, 0.2) is 58.5 Å². The van der Waals surface area contributed by atoms with Gasteiger partial charge in [0.2, 0.25) is 5.91 Å². The number of hydrogen-bond acceptors (Lipinski definition) is 5. The lowest BCUT2D eigenvalue weighted by molar-refractivity contribution is -0.120. The number of amides is 1. The molecule has 1 atom stereocenters. The Balaban J connectivity index is 1.75. The molecular formula is C22H23N3O3S. The van der Waals surface area contributed by atoms with Gasteiger partial charge in [0.1, 0.15) is 5.75 Å². The third-order valence-corrected chi connectivity index (χ3v) is 5.78. The Hall–Kier alpha value is -2.80. The van der Waals surface area contributed by atoms with E-state index in [-0.39, 0.29) is 16.7 Å². The fourth-order valence-corrected chi connectivity index (χ4v) is 3.97. The zero-order valence-corrected chi connectivity index (χ0v) is 17.2. The molecule has 29 heavy (non-hydrogen) atoms. The van der Waals surface area contributed by atoms with Gasteiger partial charge < -0.3 is 10.1 Å². The molecular weight excluding hydrogens is 386 g/mol. The van der Waals surface area contributed by atoms with E-state index < -0.39 is 0 Å². The maximum absolute atomic E-state index is 13.3. The molecule has 1 aromatic heterocycles. The second-order valence-electron chi connectivity index (χ2n) is 7.02. The number of thioether (sulfide) groups is 1. The fourth-order valence-electron chi connectivity index (χ4n) is 3.04. The van der Waals surface area contributed by atoms with Crippen LogP contribution < -0.4 is 15.6 Å². The summed E-state index contributed by atoms with van der Waals surface area (Å²) in [6.07, 6.45) is 2.07. The molecule has 150 valence electrons. The van der Waals surface area contributed by atoms with Crippen LogP contribution in [0.25, 0.3) is 16.6 Å². The van der Waals surface area contributed by atoms with Gasteiger partial charge in [-0.15, -0.1) is 0 Å². The summed E-state index contributed by atoms with van der Waals surface area (Å²) < 4.78 is 7.08. The van der Waals surface area contributed by atoms with Gasteiger partial charge in [-0.1, -0.05) is 23.9 Å². The van der Waals surface area contributed by atoms with Crippen molar-refractivity contribution in [3.63, 3.8) is 0 Å². The highest BCUT2D eigenvalue weighted by Gasteiger charge is 2.27. The Morgan fingerprint density at radius 1 is 1.24 bits per heavy atom. The van der Waals surface area contributed by atoms with Crippen LogP contribution in [0.1, 0.15) is 26.7 Å². The van der Waals surface area contributed by atoms with Crippen LogP contribution >= 0.6 is 11.8 Å². The molecule has 6 nitrogen and oxygen atoms in total. The first-order chi connectivity index (χ1) is 14.1. The molecule has 1 amide bonds. The molecule has 0 saturated heterocycles. The number of hydrogen-bond donors (Lipinski definition) is 1. The van der Waals surface area contributed by atoms with Crippen LogP contribution in [0, 0.1) is 0 Å². The van der Waals surface area contributed by atoms with Crippen molar-refractivity contribution in [3.05, 3.63) is 58.9 Å². The number of rotatable bonds is 7. The highest BCUT2D eigenvalue weighted by atomic mass is 32.2. The molecule has 0 spiro atoms. The van der Waals surface area contributed by atoms with Gasteiger partial charge in [-0.05, 0) is 63.1 Å². The summed E-state index contributed by atoms with van der Waals surface area (Å²) in [5, 5.41) is 3.69. The van der Waals surface area contributed by atoms with Gasteiger partial charge in [0.05, 0.1) is 28.4 Å². The first-order valence-electron chi connectivity index (χ1n) is 9.79. The maximum Gasteiger partial charge on any atom is 0.266 e. The number of fused-ring (bicyclic) bond motifs is 1. The molecule has 1 fully saturated rings. The van der Waals surface area contributed by atoms with Crippen molar-refractivity contribution in [2.24, 2.45) is 0 Å². The molecule has 1 saturated carbocycles. The zero-order chi connectivity index (χ0) is 20.4. The SMILES string of the molecule is CCOc1ccc(-n2c(S[C@@H](C)C(=O)NC3CC3)nc3ccccc3c2=O)cc1. The van der Waals surface area contributed by atoms with Gasteiger partial charge in [-0.2, -0.15) is 0 Å². The minimum absolute atomic E-state index is 0.0295. The Morgan fingerprint density at radius 2 is 1.97 bits per heavy atom. The van der Waals surface area contributed by atoms with Crippen molar-refractivity contribution >= 4 is 28.6 Å². The van der Waals surface area contributed by atoms with Crippen LogP contribution in [0.5, 0.6) is 5.75 Å². The van der Waals surface area contributed by atoms with Crippen molar-refractivity contribution in [3.8, 4) is 11.4 Å². The highest BCUT2D eigenvalue weighted by Crippen LogP contribution is 2.27. The number of para-hydroxylation sites is 1. The number of nitrogens with zero attached hydrogens (tertiary/aromatic N) is 2. The molecule has 1 N–H and O–H groups in total. The molecule has 1 heterocycles. The predicted octanol–water partition coefficient (Wildman–Crippen LogP) is 3.54. The molecule has 3 aromatic rings. The van der Waals surface area contributed by atoms with Gasteiger partial charge in [-0.3, -0.25) is 14.2 Å². The molecule has 0 bridgehead atoms. The first-order valence-corrected chi connectivity index (χ1v) is 10.7. The van der Waals surface area contributed by atoms with E-state index >= 15 is 0 Å². The van der Waals surface area contributed by atoms with E-state index in [0.717, 1.165) is 18.6 Å². The highest BCUT2D eigenvalue weighted by molar-refractivity contribution is 8.00. The molecule has 1 aliphatic rings. The number of nitrogens with one attached hydrogen (secondary N) is 1. The minimum Gasteiger partial charge on any atom is -0.494 e. The average molecular weight is 410 g/mol. The van der Waals surface area contributed by atoms with Gasteiger partial charge >= 0.3 is 0 Å². The van der Waals surface area contributed by atoms with Crippen molar-refractivity contribution < 1.29 is 9.53 Å². The van der Waals surface area contributed by atoms with Gasteiger partial charge in [0, 0.05) is 6.04 Å². The number of aromatic nitrogens is 2. The summed E-state index contributed by atoms with van der Waals surface area (Å²) in [5.74, 6) is 0.711. The van der Waals surface area contributed by atoms with Crippen molar-refractivity contribution in [1.82, 2.24) is 14.9 Å². The third-order valence-electron chi connectivity index (χ3n) is 4.73. The lowest BCUT2D eigenvalue weighted by Gasteiger charge is -2.16. The Kier molecular flexibility index (Phi) is 5.58. The van der Waals surface area contributed by atoms with Crippen LogP contribution in [0.4, 0.5) is 0 Å². The van der Waals surface area contributed by atoms with E-state index in [4.69, 9.17) is 9.72 Å². The lowest BCUT2D eigenvalue weighted by Crippen LogP contribution is -2.33. The summed E-state index contributed by atoms with van der Waals surface area (Å²) in [6.45, 7) is 4.34. The summed E-state index contributed by atoms with van der Waals surface area (Å²) in [5.41, 5.74) is 1.16. The Morgan fingerprint density at radius 3 is 2.66 bits per heavy atom. The lowest BCUT2D eigenvalue weighted by atomic mass is 10.2. The molecule has 0 radical (unpaired) electrons. The smallest absolute Gasteiger partial charge is 0.266 e. The second-order valence-corrected chi connectivity index (χ2v) is 8.33. The maximum atomic E-state index is 13.3. The largest absolute Gasteiger partial charge is 0.494 e. The van der Waals surface area contributed by atoms with E-state index in [2.05, 4.69) is 5.32 Å². The molecule has 0 unspecified atom stereocenters. The van der Waals surface area contributed by atoms with Gasteiger partial charge in [-0.25, -0.2) is 4.98 Å². The quantitative estimate of drug-likeness (QED) is 0.477. The number of ether oxygens (including phenoxy) is 1. The van der Waals surface area contributed by atoms with Crippen LogP contribution in [-0.2, 0) is 4.79 Å². The molecule has 2 aromatic carbocycles. The van der Waals surface area contributed by atoms with Crippen LogP contribution in [0.2, 0.25) is 0 Å². The van der Waals surface area contributed by atoms with Crippen LogP contribution in [0.3, 0.4) is 0 Å². The fraction of sp³-hybridized carbons (Fsp3) is 0.318. The van der Waals surface area contributed by atoms with E-state index in [1.807, 2.05) is 56.3 Å². The van der Waals surface area contributed by atoms with E-state index in [0.29, 0.717) is 34.4 Å². The molecule has 0 aliphatic heterocycles. The van der Waals surface area contributed by atoms with Gasteiger partial charge in [0.25, 0.3) is 5.56 Å². The van der Waals surface area contributed by atoms with Gasteiger partial charge in [0.15, 0.2) is 5.16 Å². The summed E-state index contributed by atoms with van der Waals surface area (Å²) in [6, 6.07) is 14.9. The first kappa shape index (κ1) is 19.5. The van der Waals surface area contributed by atoms with E-state index in [9.17, 15) is 9.59 Å². The Labute approximate surface area is 173 Å². The molecule has 7 heteroatoms. The van der Waals surface area contributed by atoms with Crippen molar-refractivity contribution in [1.29, 1.82) is 0 Å². The number of carbonyl (C=O) groups excluding carboxylic acids is 1. The van der Waals surface area contributed by atoms with E-state index in [1.165, 1.54) is 11.8 Å². The van der Waals surface area contributed by atoms with Crippen LogP contribution in [-0.4, -0.2) is 33.4 Å². The van der Waals surface area contributed by atoms with E-state index in [1.54, 1.807) is 10.6 Å². The predicted molar refractivity (Wildman–Crippen MR) is 115 cm³/mol. The average Bonchev–Trinajstić information content (AvgIpc) is 3.53. The monoisotopic (exact) mass is 409 g/mol. The Bertz CT molecular complexity index is 1090. The minimum atomic E-state index is -0.363. The standard InChI is InChI=1S/C22H23N3O3S/c1-3-28-17-12-10-16(11-13-17)25-21(27)18-6-4-5-7-19(18)24-22(25)29-14(2)20(26)23-15-8-9-15/h4-7,10-15H,3,8-9H2,1-2H3,(H,23,26)/t14-/m0/s1. The third kappa shape index (κ3) is 4.29. The van der Waals surface area contributed by atoms with Crippen molar-refractivity contribution in [2.75, 3.05) is 6.61 Å².